The molecule has 0 bridgehead atoms. The normalized spacial score (nSPS) is 15.6. The minimum atomic E-state index is -3.55. The first-order valence-corrected chi connectivity index (χ1v) is 11.4. The van der Waals surface area contributed by atoms with Gasteiger partial charge in [-0.3, -0.25) is 4.79 Å². The van der Waals surface area contributed by atoms with Crippen molar-refractivity contribution in [3.05, 3.63) is 60.4 Å². The Morgan fingerprint density at radius 3 is 2.45 bits per heavy atom. The molecule has 0 atom stereocenters. The summed E-state index contributed by atoms with van der Waals surface area (Å²) >= 11 is 0. The molecule has 2 heterocycles. The number of hydrogen-bond donors (Lipinski definition) is 1. The number of likely N-dealkylation sites (N-methyl/N-ethyl adjacent to an activating group) is 1. The number of amides is 1. The lowest BCUT2D eigenvalue weighted by Gasteiger charge is -2.33. The molecule has 162 valence electrons. The number of nitrogens with zero attached hydrogens (tertiary/aromatic N) is 6. The summed E-state index contributed by atoms with van der Waals surface area (Å²) in [7, 11) is -3.55. The lowest BCUT2D eigenvalue weighted by atomic mass is 10.2. The van der Waals surface area contributed by atoms with Gasteiger partial charge in [-0.15, -0.1) is 5.10 Å². The number of aromatic nitrogens is 4. The van der Waals surface area contributed by atoms with E-state index in [4.69, 9.17) is 0 Å². The number of benzene rings is 2. The zero-order chi connectivity index (χ0) is 21.8. The van der Waals surface area contributed by atoms with Crippen molar-refractivity contribution in [3.63, 3.8) is 0 Å². The van der Waals surface area contributed by atoms with Crippen LogP contribution < -0.4 is 5.32 Å². The van der Waals surface area contributed by atoms with Crippen molar-refractivity contribution in [1.29, 1.82) is 0 Å². The van der Waals surface area contributed by atoms with E-state index >= 15 is 0 Å². The molecule has 0 saturated carbocycles. The SMILES string of the molecule is CCN1CCN(S(=O)(=O)c2ccc(NC(=O)c3cccc(-n4cnnn4)c3)cc2)CC1. The fraction of sp³-hybridized carbons (Fsp3) is 0.300. The predicted octanol–water partition coefficient (Wildman–Crippen LogP) is 1.24. The van der Waals surface area contributed by atoms with Gasteiger partial charge in [0.05, 0.1) is 10.6 Å². The summed E-state index contributed by atoms with van der Waals surface area (Å²) in [5.41, 5.74) is 1.59. The van der Waals surface area contributed by atoms with Gasteiger partial charge in [-0.05, 0) is 59.4 Å². The number of sulfonamides is 1. The molecule has 0 unspecified atom stereocenters. The van der Waals surface area contributed by atoms with E-state index in [-0.39, 0.29) is 10.8 Å². The number of carbonyl (C=O) groups is 1. The third-order valence-electron chi connectivity index (χ3n) is 5.25. The Morgan fingerprint density at radius 2 is 1.81 bits per heavy atom. The molecule has 0 spiro atoms. The van der Waals surface area contributed by atoms with Gasteiger partial charge in [0.1, 0.15) is 6.33 Å². The highest BCUT2D eigenvalue weighted by atomic mass is 32.2. The number of anilines is 1. The quantitative estimate of drug-likeness (QED) is 0.612. The van der Waals surface area contributed by atoms with Crippen LogP contribution in [0.5, 0.6) is 0 Å². The predicted molar refractivity (Wildman–Crippen MR) is 114 cm³/mol. The van der Waals surface area contributed by atoms with Gasteiger partial charge in [0.15, 0.2) is 0 Å². The molecule has 1 aliphatic heterocycles. The van der Waals surface area contributed by atoms with E-state index in [0.717, 1.165) is 19.6 Å². The Balaban J connectivity index is 1.44. The topological polar surface area (TPSA) is 113 Å². The summed E-state index contributed by atoms with van der Waals surface area (Å²) in [6.07, 6.45) is 1.44. The summed E-state index contributed by atoms with van der Waals surface area (Å²) < 4.78 is 28.7. The van der Waals surface area contributed by atoms with Crippen LogP contribution in [-0.4, -0.2) is 76.5 Å². The van der Waals surface area contributed by atoms with Crippen LogP contribution in [-0.2, 0) is 10.0 Å². The van der Waals surface area contributed by atoms with Crippen molar-refractivity contribution in [1.82, 2.24) is 29.4 Å². The molecule has 10 nitrogen and oxygen atoms in total. The lowest BCUT2D eigenvalue weighted by Crippen LogP contribution is -2.48. The molecule has 0 radical (unpaired) electrons. The highest BCUT2D eigenvalue weighted by Gasteiger charge is 2.27. The van der Waals surface area contributed by atoms with Crippen LogP contribution in [0.1, 0.15) is 17.3 Å². The summed E-state index contributed by atoms with van der Waals surface area (Å²) in [5.74, 6) is -0.318. The fourth-order valence-electron chi connectivity index (χ4n) is 3.42. The van der Waals surface area contributed by atoms with Crippen molar-refractivity contribution in [2.24, 2.45) is 0 Å². The Labute approximate surface area is 180 Å². The molecule has 1 aliphatic rings. The monoisotopic (exact) mass is 441 g/mol. The van der Waals surface area contributed by atoms with E-state index < -0.39 is 10.0 Å². The number of carbonyl (C=O) groups excluding carboxylic acids is 1. The second kappa shape index (κ2) is 8.92. The second-order valence-corrected chi connectivity index (χ2v) is 9.06. The first-order chi connectivity index (χ1) is 15.0. The minimum absolute atomic E-state index is 0.219. The molecule has 0 aliphatic carbocycles. The molecular weight excluding hydrogens is 418 g/mol. The second-order valence-electron chi connectivity index (χ2n) is 7.12. The molecule has 1 N–H and O–H groups in total. The Hall–Kier alpha value is -3.15. The largest absolute Gasteiger partial charge is 0.322 e. The minimum Gasteiger partial charge on any atom is -0.322 e. The third kappa shape index (κ3) is 4.63. The van der Waals surface area contributed by atoms with E-state index in [9.17, 15) is 13.2 Å². The molecule has 1 amide bonds. The van der Waals surface area contributed by atoms with Crippen LogP contribution in [0.15, 0.2) is 59.8 Å². The van der Waals surface area contributed by atoms with E-state index in [2.05, 4.69) is 32.7 Å². The molecule has 3 aromatic rings. The van der Waals surface area contributed by atoms with Crippen LogP contribution in [0.25, 0.3) is 5.69 Å². The maximum Gasteiger partial charge on any atom is 0.255 e. The van der Waals surface area contributed by atoms with Crippen molar-refractivity contribution < 1.29 is 13.2 Å². The van der Waals surface area contributed by atoms with Crippen LogP contribution in [0, 0.1) is 0 Å². The van der Waals surface area contributed by atoms with Crippen molar-refractivity contribution >= 4 is 21.6 Å². The van der Waals surface area contributed by atoms with Gasteiger partial charge in [-0.25, -0.2) is 13.1 Å². The summed E-state index contributed by atoms with van der Waals surface area (Å²) in [5, 5.41) is 13.8. The van der Waals surface area contributed by atoms with Crippen LogP contribution in [0.2, 0.25) is 0 Å². The van der Waals surface area contributed by atoms with Crippen LogP contribution in [0.3, 0.4) is 0 Å². The smallest absolute Gasteiger partial charge is 0.255 e. The molecule has 1 saturated heterocycles. The van der Waals surface area contributed by atoms with Crippen molar-refractivity contribution in [3.8, 4) is 5.69 Å². The summed E-state index contributed by atoms with van der Waals surface area (Å²) in [6, 6.07) is 13.1. The van der Waals surface area contributed by atoms with Gasteiger partial charge in [0.25, 0.3) is 5.91 Å². The number of rotatable bonds is 6. The van der Waals surface area contributed by atoms with Gasteiger partial charge in [0.2, 0.25) is 10.0 Å². The van der Waals surface area contributed by atoms with Gasteiger partial charge in [-0.1, -0.05) is 13.0 Å². The standard InChI is InChI=1S/C20H23N7O3S/c1-2-25-10-12-26(13-11-25)31(29,30)19-8-6-17(7-9-19)22-20(28)16-4-3-5-18(14-16)27-15-21-23-24-27/h3-9,14-15H,2,10-13H2,1H3,(H,22,28). The maximum atomic E-state index is 12.9. The summed E-state index contributed by atoms with van der Waals surface area (Å²) in [6.45, 7) is 5.40. The first-order valence-electron chi connectivity index (χ1n) is 9.95. The average molecular weight is 442 g/mol. The third-order valence-corrected chi connectivity index (χ3v) is 7.16. The number of nitrogens with one attached hydrogen (secondary N) is 1. The zero-order valence-electron chi connectivity index (χ0n) is 17.0. The number of hydrogen-bond acceptors (Lipinski definition) is 7. The molecule has 1 aromatic heterocycles. The fourth-order valence-corrected chi connectivity index (χ4v) is 4.84. The molecule has 2 aromatic carbocycles. The molecule has 11 heteroatoms. The highest BCUT2D eigenvalue weighted by Crippen LogP contribution is 2.20. The molecule has 31 heavy (non-hydrogen) atoms. The summed E-state index contributed by atoms with van der Waals surface area (Å²) in [4.78, 5) is 15.1. The van der Waals surface area contributed by atoms with Gasteiger partial charge in [-0.2, -0.15) is 4.31 Å². The van der Waals surface area contributed by atoms with Gasteiger partial charge in [0, 0.05) is 37.4 Å². The molecule has 1 fully saturated rings. The van der Waals surface area contributed by atoms with Crippen LogP contribution >= 0.6 is 0 Å². The number of tetrazole rings is 1. The molecular formula is C20H23N7O3S. The Morgan fingerprint density at radius 1 is 1.06 bits per heavy atom. The van der Waals surface area contributed by atoms with Crippen molar-refractivity contribution in [2.45, 2.75) is 11.8 Å². The highest BCUT2D eigenvalue weighted by molar-refractivity contribution is 7.89. The van der Waals surface area contributed by atoms with E-state index in [1.54, 1.807) is 36.4 Å². The van der Waals surface area contributed by atoms with Crippen molar-refractivity contribution in [2.75, 3.05) is 38.0 Å². The van der Waals surface area contributed by atoms with Gasteiger partial charge < -0.3 is 10.2 Å². The number of piperazine rings is 1. The zero-order valence-corrected chi connectivity index (χ0v) is 17.9. The van der Waals surface area contributed by atoms with Crippen LogP contribution in [0.4, 0.5) is 5.69 Å². The van der Waals surface area contributed by atoms with E-state index in [0.29, 0.717) is 30.0 Å². The van der Waals surface area contributed by atoms with Gasteiger partial charge >= 0.3 is 0 Å². The van der Waals surface area contributed by atoms with E-state index in [1.807, 2.05) is 0 Å². The Bertz CT molecular complexity index is 1140. The Kier molecular flexibility index (Phi) is 6.07. The lowest BCUT2D eigenvalue weighted by molar-refractivity contribution is 0.102. The first kappa shape index (κ1) is 21.1. The van der Waals surface area contributed by atoms with E-state index in [1.165, 1.54) is 27.4 Å². The molecule has 4 rings (SSSR count). The average Bonchev–Trinajstić information content (AvgIpc) is 3.35. The maximum absolute atomic E-state index is 12.9.